The number of carbonyl (C=O) groups is 1. The van der Waals surface area contributed by atoms with Crippen molar-refractivity contribution in [3.05, 3.63) is 24.3 Å². The minimum atomic E-state index is -3.52. The van der Waals surface area contributed by atoms with Gasteiger partial charge in [-0.25, -0.2) is 12.7 Å². The third kappa shape index (κ3) is 4.27. The Labute approximate surface area is 144 Å². The Bertz CT molecular complexity index is 648. The fraction of sp³-hybridized carbons (Fsp3) is 0.588. The van der Waals surface area contributed by atoms with Crippen LogP contribution in [-0.2, 0) is 10.0 Å². The average Bonchev–Trinajstić information content (AvgIpc) is 2.49. The molecule has 0 aliphatic heterocycles. The third-order valence-electron chi connectivity index (χ3n) is 4.53. The van der Waals surface area contributed by atoms with Gasteiger partial charge in [-0.1, -0.05) is 32.1 Å². The highest BCUT2D eigenvalue weighted by Crippen LogP contribution is 2.27. The lowest BCUT2D eigenvalue weighted by molar-refractivity contribution is -0.247. The number of amides is 1. The van der Waals surface area contributed by atoms with Crippen molar-refractivity contribution in [2.24, 2.45) is 0 Å². The van der Waals surface area contributed by atoms with Crippen molar-refractivity contribution < 1.29 is 18.3 Å². The smallest absolute Gasteiger partial charge is 0.242 e. The Morgan fingerprint density at radius 2 is 1.50 bits per heavy atom. The van der Waals surface area contributed by atoms with Gasteiger partial charge in [0.25, 0.3) is 0 Å². The van der Waals surface area contributed by atoms with E-state index in [9.17, 15) is 18.3 Å². The predicted molar refractivity (Wildman–Crippen MR) is 91.3 cm³/mol. The van der Waals surface area contributed by atoms with Crippen molar-refractivity contribution in [1.29, 1.82) is 0 Å². The topological polar surface area (TPSA) is 80.8 Å². The average molecular weight is 353 g/mol. The molecule has 1 aliphatic rings. The molecule has 0 aromatic heterocycles. The lowest BCUT2D eigenvalue weighted by Gasteiger charge is -2.35. The van der Waals surface area contributed by atoms with Crippen LogP contribution >= 0.6 is 0 Å². The van der Waals surface area contributed by atoms with Crippen LogP contribution in [0.5, 0.6) is 0 Å². The van der Waals surface area contributed by atoms with Crippen LogP contribution in [0.25, 0.3) is 0 Å². The fourth-order valence-corrected chi connectivity index (χ4v) is 4.05. The number of hydrogen-bond donors (Lipinski definition) is 0. The molecule has 0 N–H and O–H groups in total. The summed E-state index contributed by atoms with van der Waals surface area (Å²) in [4.78, 5) is 13.1. The molecule has 6 nitrogen and oxygen atoms in total. The lowest BCUT2D eigenvalue weighted by Crippen LogP contribution is -2.48. The summed E-state index contributed by atoms with van der Waals surface area (Å²) in [7, 11) is -0.596. The number of nitrogens with zero attached hydrogens (tertiary/aromatic N) is 2. The van der Waals surface area contributed by atoms with E-state index in [-0.39, 0.29) is 10.9 Å². The molecule has 1 aliphatic carbocycles. The van der Waals surface area contributed by atoms with Crippen molar-refractivity contribution in [2.45, 2.75) is 55.9 Å². The van der Waals surface area contributed by atoms with E-state index in [0.29, 0.717) is 5.69 Å². The summed E-state index contributed by atoms with van der Waals surface area (Å²) in [6.45, 7) is 0. The number of carboxylic acid groups (broad SMARTS) is 1. The third-order valence-corrected chi connectivity index (χ3v) is 6.36. The number of sulfonamides is 1. The van der Waals surface area contributed by atoms with Crippen LogP contribution in [0.1, 0.15) is 44.9 Å². The van der Waals surface area contributed by atoms with Crippen LogP contribution in [0, 0.1) is 0 Å². The van der Waals surface area contributed by atoms with E-state index in [1.807, 2.05) is 0 Å². The molecule has 1 fully saturated rings. The van der Waals surface area contributed by atoms with Gasteiger partial charge in [-0.05, 0) is 37.1 Å². The predicted octanol–water partition coefficient (Wildman–Crippen LogP) is 2.20. The number of anilines is 1. The highest BCUT2D eigenvalue weighted by atomic mass is 32.2. The van der Waals surface area contributed by atoms with Gasteiger partial charge in [0.15, 0.2) is 0 Å². The molecule has 0 radical (unpaired) electrons. The van der Waals surface area contributed by atoms with E-state index in [0.717, 1.165) is 42.8 Å². The van der Waals surface area contributed by atoms with Crippen molar-refractivity contribution in [3.8, 4) is 0 Å². The molecule has 1 saturated carbocycles. The standard InChI is InChI=1S/C17H26N2O4S/c1-18(2)24(22,23)16-12-10-15(11-13-16)19(17(20)21)14-8-6-4-3-5-7-9-14/h10-14H,3-9H2,1-2H3,(H,20,21)/p-1. The quantitative estimate of drug-likeness (QED) is 0.831. The number of rotatable bonds is 4. The van der Waals surface area contributed by atoms with E-state index >= 15 is 0 Å². The second-order valence-electron chi connectivity index (χ2n) is 6.42. The van der Waals surface area contributed by atoms with Crippen LogP contribution in [0.15, 0.2) is 29.2 Å². The normalized spacial score (nSPS) is 17.3. The minimum absolute atomic E-state index is 0.105. The Morgan fingerprint density at radius 3 is 1.96 bits per heavy atom. The monoisotopic (exact) mass is 353 g/mol. The van der Waals surface area contributed by atoms with E-state index in [1.165, 1.54) is 37.5 Å². The van der Waals surface area contributed by atoms with Crippen molar-refractivity contribution in [2.75, 3.05) is 19.0 Å². The highest BCUT2D eigenvalue weighted by molar-refractivity contribution is 7.89. The highest BCUT2D eigenvalue weighted by Gasteiger charge is 2.22. The summed E-state index contributed by atoms with van der Waals surface area (Å²) in [5.74, 6) is 0. The van der Waals surface area contributed by atoms with Gasteiger partial charge in [-0.15, -0.1) is 0 Å². The molecule has 0 bridgehead atoms. The van der Waals surface area contributed by atoms with Gasteiger partial charge < -0.3 is 14.8 Å². The second kappa shape index (κ2) is 7.98. The maximum absolute atomic E-state index is 12.1. The van der Waals surface area contributed by atoms with Gasteiger partial charge in [0, 0.05) is 25.8 Å². The summed E-state index contributed by atoms with van der Waals surface area (Å²) < 4.78 is 25.4. The first-order valence-corrected chi connectivity index (χ1v) is 9.81. The second-order valence-corrected chi connectivity index (χ2v) is 8.57. The Morgan fingerprint density at radius 1 is 1.00 bits per heavy atom. The summed E-state index contributed by atoms with van der Waals surface area (Å²) in [6, 6.07) is 5.88. The molecule has 0 atom stereocenters. The van der Waals surface area contributed by atoms with Crippen molar-refractivity contribution in [1.82, 2.24) is 4.31 Å². The molecular weight excluding hydrogens is 328 g/mol. The van der Waals surface area contributed by atoms with E-state index in [2.05, 4.69) is 0 Å². The Hall–Kier alpha value is -1.60. The summed E-state index contributed by atoms with van der Waals surface area (Å²) >= 11 is 0. The van der Waals surface area contributed by atoms with E-state index in [4.69, 9.17) is 0 Å². The molecule has 0 unspecified atom stereocenters. The molecule has 0 saturated heterocycles. The van der Waals surface area contributed by atoms with Gasteiger partial charge in [-0.3, -0.25) is 0 Å². The molecule has 7 heteroatoms. The SMILES string of the molecule is CN(C)S(=O)(=O)c1ccc(N(C(=O)[O-])C2CCCCCCC2)cc1. The van der Waals surface area contributed by atoms with Gasteiger partial charge in [0.1, 0.15) is 6.09 Å². The maximum Gasteiger partial charge on any atom is 0.242 e. The summed E-state index contributed by atoms with van der Waals surface area (Å²) in [5.41, 5.74) is 0.471. The molecule has 0 spiro atoms. The molecule has 0 heterocycles. The Kier molecular flexibility index (Phi) is 6.23. The van der Waals surface area contributed by atoms with Crippen LogP contribution < -0.4 is 10.0 Å². The molecule has 1 amide bonds. The van der Waals surface area contributed by atoms with Gasteiger partial charge in [-0.2, -0.15) is 0 Å². The van der Waals surface area contributed by atoms with Crippen LogP contribution in [0.3, 0.4) is 0 Å². The first-order chi connectivity index (χ1) is 11.3. The summed E-state index contributed by atoms with van der Waals surface area (Å²) in [6.07, 6.45) is 5.84. The maximum atomic E-state index is 12.1. The zero-order valence-electron chi connectivity index (χ0n) is 14.3. The van der Waals surface area contributed by atoms with Crippen molar-refractivity contribution in [3.63, 3.8) is 0 Å². The molecule has 2 rings (SSSR count). The first kappa shape index (κ1) is 18.7. The van der Waals surface area contributed by atoms with Gasteiger partial charge in [0.05, 0.1) is 4.90 Å². The van der Waals surface area contributed by atoms with Crippen molar-refractivity contribution >= 4 is 21.8 Å². The summed E-state index contributed by atoms with van der Waals surface area (Å²) in [5, 5.41) is 11.7. The number of benzene rings is 1. The first-order valence-electron chi connectivity index (χ1n) is 8.37. The van der Waals surface area contributed by atoms with Gasteiger partial charge >= 0.3 is 0 Å². The van der Waals surface area contributed by atoms with Crippen LogP contribution in [0.2, 0.25) is 0 Å². The van der Waals surface area contributed by atoms with Gasteiger partial charge in [0.2, 0.25) is 10.0 Å². The molecular formula is C17H25N2O4S-. The lowest BCUT2D eigenvalue weighted by atomic mass is 9.95. The molecule has 24 heavy (non-hydrogen) atoms. The minimum Gasteiger partial charge on any atom is -0.530 e. The van der Waals surface area contributed by atoms with Crippen LogP contribution in [-0.4, -0.2) is 39.0 Å². The largest absolute Gasteiger partial charge is 0.530 e. The Balaban J connectivity index is 2.26. The zero-order chi connectivity index (χ0) is 17.7. The van der Waals surface area contributed by atoms with E-state index < -0.39 is 16.1 Å². The zero-order valence-corrected chi connectivity index (χ0v) is 15.1. The molecule has 1 aromatic rings. The fourth-order valence-electron chi connectivity index (χ4n) is 3.15. The van der Waals surface area contributed by atoms with Crippen LogP contribution in [0.4, 0.5) is 10.5 Å². The number of hydrogen-bond acceptors (Lipinski definition) is 4. The number of carbonyl (C=O) groups excluding carboxylic acids is 1. The van der Waals surface area contributed by atoms with E-state index in [1.54, 1.807) is 12.1 Å². The molecule has 134 valence electrons. The molecule has 1 aromatic carbocycles.